The third-order valence-corrected chi connectivity index (χ3v) is 2.93. The number of carboxylic acids is 1. The molecule has 0 aliphatic carbocycles. The van der Waals surface area contributed by atoms with Crippen molar-refractivity contribution in [3.05, 3.63) is 35.9 Å². The van der Waals surface area contributed by atoms with Crippen molar-refractivity contribution < 1.29 is 19.8 Å². The van der Waals surface area contributed by atoms with Gasteiger partial charge in [0.15, 0.2) is 0 Å². The van der Waals surface area contributed by atoms with Gasteiger partial charge in [-0.3, -0.25) is 4.79 Å². The number of urea groups is 1. The first-order valence-corrected chi connectivity index (χ1v) is 6.33. The molecule has 0 saturated carbocycles. The Labute approximate surface area is 117 Å². The van der Waals surface area contributed by atoms with Gasteiger partial charge >= 0.3 is 12.0 Å². The van der Waals surface area contributed by atoms with Gasteiger partial charge in [0, 0.05) is 18.5 Å². The van der Waals surface area contributed by atoms with Gasteiger partial charge in [-0.25, -0.2) is 4.79 Å². The molecule has 4 N–H and O–H groups in total. The molecule has 6 nitrogen and oxygen atoms in total. The second-order valence-corrected chi connectivity index (χ2v) is 5.06. The lowest BCUT2D eigenvalue weighted by Gasteiger charge is -2.25. The Morgan fingerprint density at radius 2 is 1.85 bits per heavy atom. The monoisotopic (exact) mass is 280 g/mol. The van der Waals surface area contributed by atoms with E-state index < -0.39 is 11.4 Å². The third kappa shape index (κ3) is 5.71. The number of benzene rings is 1. The van der Waals surface area contributed by atoms with Crippen molar-refractivity contribution in [1.82, 2.24) is 10.6 Å². The molecule has 1 atom stereocenters. The molecule has 0 aliphatic heterocycles. The van der Waals surface area contributed by atoms with Crippen molar-refractivity contribution in [3.63, 3.8) is 0 Å². The number of hydrogen-bond donors (Lipinski definition) is 4. The first-order chi connectivity index (χ1) is 9.45. The molecule has 0 radical (unpaired) electrons. The van der Waals surface area contributed by atoms with Crippen LogP contribution in [-0.2, 0) is 11.3 Å². The minimum absolute atomic E-state index is 0.0937. The molecule has 1 aromatic rings. The van der Waals surface area contributed by atoms with Crippen LogP contribution in [0.5, 0.6) is 0 Å². The Hall–Kier alpha value is -2.08. The van der Waals surface area contributed by atoms with E-state index in [1.54, 1.807) is 6.92 Å². The maximum absolute atomic E-state index is 11.6. The molecule has 6 heteroatoms. The van der Waals surface area contributed by atoms with Crippen molar-refractivity contribution in [1.29, 1.82) is 0 Å². The number of aliphatic carboxylic acids is 1. The number of carbonyl (C=O) groups is 2. The minimum Gasteiger partial charge on any atom is -0.481 e. The van der Waals surface area contributed by atoms with Crippen LogP contribution in [0, 0.1) is 5.41 Å². The lowest BCUT2D eigenvalue weighted by Crippen LogP contribution is -2.43. The summed E-state index contributed by atoms with van der Waals surface area (Å²) in [5.74, 6) is -1.01. The van der Waals surface area contributed by atoms with Crippen LogP contribution in [-0.4, -0.2) is 35.4 Å². The van der Waals surface area contributed by atoms with Gasteiger partial charge in [-0.15, -0.1) is 0 Å². The Morgan fingerprint density at radius 1 is 1.20 bits per heavy atom. The Morgan fingerprint density at radius 3 is 2.40 bits per heavy atom. The zero-order valence-corrected chi connectivity index (χ0v) is 11.4. The molecule has 0 fully saturated rings. The first-order valence-electron chi connectivity index (χ1n) is 6.33. The summed E-state index contributed by atoms with van der Waals surface area (Å²) in [6.45, 7) is 1.79. The van der Waals surface area contributed by atoms with Crippen LogP contribution in [0.3, 0.4) is 0 Å². The van der Waals surface area contributed by atoms with Gasteiger partial charge in [0.1, 0.15) is 0 Å². The molecular formula is C14H20N2O4. The molecule has 110 valence electrons. The second kappa shape index (κ2) is 7.49. The molecule has 20 heavy (non-hydrogen) atoms. The topological polar surface area (TPSA) is 98.7 Å². The summed E-state index contributed by atoms with van der Waals surface area (Å²) in [6.07, 6.45) is -0.206. The fourth-order valence-electron chi connectivity index (χ4n) is 1.67. The number of aliphatic hydroxyl groups excluding tert-OH is 1. The number of carbonyl (C=O) groups excluding carboxylic acids is 1. The van der Waals surface area contributed by atoms with E-state index in [2.05, 4.69) is 10.6 Å². The Balaban J connectivity index is 2.37. The highest BCUT2D eigenvalue weighted by Crippen LogP contribution is 2.19. The summed E-state index contributed by atoms with van der Waals surface area (Å²) in [5.41, 5.74) is 0.105. The van der Waals surface area contributed by atoms with E-state index in [4.69, 9.17) is 5.11 Å². The molecule has 1 unspecified atom stereocenters. The standard InChI is InChI=1S/C14H20N2O4/c1-14(10-17,7-12(18)19)9-16-13(20)15-8-11-5-3-2-4-6-11/h2-6,17H,7-10H2,1H3,(H,18,19)(H2,15,16,20). The highest BCUT2D eigenvalue weighted by molar-refractivity contribution is 5.74. The summed E-state index contributed by atoms with van der Waals surface area (Å²) < 4.78 is 0. The van der Waals surface area contributed by atoms with Crippen molar-refractivity contribution in [2.45, 2.75) is 19.9 Å². The SMILES string of the molecule is CC(CO)(CNC(=O)NCc1ccccc1)CC(=O)O. The van der Waals surface area contributed by atoms with Gasteiger partial charge in [-0.05, 0) is 5.56 Å². The maximum atomic E-state index is 11.6. The number of aliphatic hydroxyl groups is 1. The molecule has 1 aromatic carbocycles. The lowest BCUT2D eigenvalue weighted by molar-refractivity contribution is -0.140. The van der Waals surface area contributed by atoms with Gasteiger partial charge in [-0.1, -0.05) is 37.3 Å². The van der Waals surface area contributed by atoms with Crippen LogP contribution < -0.4 is 10.6 Å². The smallest absolute Gasteiger partial charge is 0.315 e. The van der Waals surface area contributed by atoms with E-state index in [-0.39, 0.29) is 25.6 Å². The first kappa shape index (κ1) is 16.0. The number of carboxylic acid groups (broad SMARTS) is 1. The average molecular weight is 280 g/mol. The van der Waals surface area contributed by atoms with Crippen molar-refractivity contribution in [3.8, 4) is 0 Å². The quantitative estimate of drug-likeness (QED) is 0.598. The molecule has 0 bridgehead atoms. The highest BCUT2D eigenvalue weighted by Gasteiger charge is 2.27. The molecular weight excluding hydrogens is 260 g/mol. The Kier molecular flexibility index (Phi) is 5.99. The van der Waals surface area contributed by atoms with Gasteiger partial charge in [0.05, 0.1) is 13.0 Å². The van der Waals surface area contributed by atoms with Gasteiger partial charge in [0.2, 0.25) is 0 Å². The average Bonchev–Trinajstić information content (AvgIpc) is 2.43. The largest absolute Gasteiger partial charge is 0.481 e. The van der Waals surface area contributed by atoms with Crippen LogP contribution in [0.15, 0.2) is 30.3 Å². The number of amides is 2. The summed E-state index contributed by atoms with van der Waals surface area (Å²) in [4.78, 5) is 22.3. The number of nitrogens with one attached hydrogen (secondary N) is 2. The van der Waals surface area contributed by atoms with Crippen molar-refractivity contribution >= 4 is 12.0 Å². The van der Waals surface area contributed by atoms with Crippen LogP contribution >= 0.6 is 0 Å². The number of hydrogen-bond acceptors (Lipinski definition) is 3. The minimum atomic E-state index is -1.01. The van der Waals surface area contributed by atoms with Crippen LogP contribution in [0.25, 0.3) is 0 Å². The van der Waals surface area contributed by atoms with E-state index >= 15 is 0 Å². The highest BCUT2D eigenvalue weighted by atomic mass is 16.4. The zero-order chi connectivity index (χ0) is 15.0. The van der Waals surface area contributed by atoms with E-state index in [9.17, 15) is 14.7 Å². The van der Waals surface area contributed by atoms with E-state index in [0.717, 1.165) is 5.56 Å². The van der Waals surface area contributed by atoms with E-state index in [1.165, 1.54) is 0 Å². The van der Waals surface area contributed by atoms with Crippen LogP contribution in [0.1, 0.15) is 18.9 Å². The third-order valence-electron chi connectivity index (χ3n) is 2.93. The summed E-state index contributed by atoms with van der Waals surface area (Å²) in [7, 11) is 0. The van der Waals surface area contributed by atoms with E-state index in [1.807, 2.05) is 30.3 Å². The predicted molar refractivity (Wildman–Crippen MR) is 74.1 cm³/mol. The predicted octanol–water partition coefficient (Wildman–Crippen LogP) is 0.959. The fraction of sp³-hybridized carbons (Fsp3) is 0.429. The maximum Gasteiger partial charge on any atom is 0.315 e. The molecule has 0 aromatic heterocycles. The van der Waals surface area contributed by atoms with Crippen LogP contribution in [0.4, 0.5) is 4.79 Å². The molecule has 0 spiro atoms. The molecule has 0 heterocycles. The summed E-state index contributed by atoms with van der Waals surface area (Å²) >= 11 is 0. The van der Waals surface area contributed by atoms with Crippen molar-refractivity contribution in [2.24, 2.45) is 5.41 Å². The molecule has 1 rings (SSSR count). The van der Waals surface area contributed by atoms with Gasteiger partial charge in [-0.2, -0.15) is 0 Å². The van der Waals surface area contributed by atoms with Gasteiger partial charge < -0.3 is 20.8 Å². The van der Waals surface area contributed by atoms with E-state index in [0.29, 0.717) is 6.54 Å². The molecule has 2 amide bonds. The second-order valence-electron chi connectivity index (χ2n) is 5.06. The number of rotatable bonds is 7. The van der Waals surface area contributed by atoms with Gasteiger partial charge in [0.25, 0.3) is 0 Å². The summed E-state index contributed by atoms with van der Waals surface area (Å²) in [6, 6.07) is 9.04. The fourth-order valence-corrected chi connectivity index (χ4v) is 1.67. The van der Waals surface area contributed by atoms with Crippen LogP contribution in [0.2, 0.25) is 0 Å². The Bertz CT molecular complexity index is 450. The summed E-state index contributed by atoms with van der Waals surface area (Å²) in [5, 5.41) is 23.2. The molecule has 0 saturated heterocycles. The zero-order valence-electron chi connectivity index (χ0n) is 11.4. The normalized spacial score (nSPS) is 13.3. The van der Waals surface area contributed by atoms with Crippen molar-refractivity contribution in [2.75, 3.05) is 13.2 Å². The lowest BCUT2D eigenvalue weighted by atomic mass is 9.88. The molecule has 0 aliphatic rings.